The minimum atomic E-state index is -0.664. The van der Waals surface area contributed by atoms with Gasteiger partial charge in [0, 0.05) is 26.2 Å². The van der Waals surface area contributed by atoms with Crippen molar-refractivity contribution in [2.75, 3.05) is 31.1 Å². The third kappa shape index (κ3) is 4.32. The second-order valence-electron chi connectivity index (χ2n) is 6.14. The molecule has 2 atom stereocenters. The molecule has 1 aromatic carbocycles. The number of piperazine rings is 1. The van der Waals surface area contributed by atoms with Crippen molar-refractivity contribution < 1.29 is 9.59 Å². The molecule has 0 aromatic heterocycles. The van der Waals surface area contributed by atoms with Crippen LogP contribution in [0.15, 0.2) is 24.3 Å². The molecule has 0 bridgehead atoms. The highest BCUT2D eigenvalue weighted by molar-refractivity contribution is 6.33. The Balaban J connectivity index is 2.01. The maximum absolute atomic E-state index is 12.8. The number of nitrogens with one attached hydrogen (secondary N) is 1. The molecule has 3 amide bonds. The molecule has 0 radical (unpaired) electrons. The molecule has 3 N–H and O–H groups in total. The van der Waals surface area contributed by atoms with E-state index >= 15 is 0 Å². The number of hydrogen-bond acceptors (Lipinski definition) is 3. The summed E-state index contributed by atoms with van der Waals surface area (Å²) in [6, 6.07) is 6.47. The summed E-state index contributed by atoms with van der Waals surface area (Å²) in [6.45, 7) is 6.54. The average Bonchev–Trinajstić information content (AvgIpc) is 2.59. The Bertz CT molecular complexity index is 588. The highest BCUT2D eigenvalue weighted by Gasteiger charge is 2.31. The van der Waals surface area contributed by atoms with E-state index in [0.29, 0.717) is 31.2 Å². The van der Waals surface area contributed by atoms with E-state index < -0.39 is 12.1 Å². The fourth-order valence-electron chi connectivity index (χ4n) is 2.91. The first kappa shape index (κ1) is 18.4. The number of anilines is 1. The van der Waals surface area contributed by atoms with Crippen molar-refractivity contribution in [1.82, 2.24) is 10.2 Å². The predicted octanol–water partition coefficient (Wildman–Crippen LogP) is 2.07. The average molecular weight is 353 g/mol. The molecule has 1 heterocycles. The van der Waals surface area contributed by atoms with Gasteiger partial charge in [0.25, 0.3) is 0 Å². The molecule has 2 rings (SSSR count). The molecule has 1 aromatic rings. The van der Waals surface area contributed by atoms with Crippen LogP contribution < -0.4 is 16.0 Å². The van der Waals surface area contributed by atoms with Crippen LogP contribution in [0.25, 0.3) is 0 Å². The van der Waals surface area contributed by atoms with E-state index in [1.807, 2.05) is 38.1 Å². The number of amides is 3. The summed E-state index contributed by atoms with van der Waals surface area (Å²) >= 11 is 6.24. The lowest BCUT2D eigenvalue weighted by molar-refractivity contribution is -0.134. The molecule has 1 saturated heterocycles. The number of rotatable bonds is 5. The maximum Gasteiger partial charge on any atom is 0.312 e. The maximum atomic E-state index is 12.8. The number of hydrogen-bond donors (Lipinski definition) is 2. The first-order chi connectivity index (χ1) is 11.4. The third-order valence-electron chi connectivity index (χ3n) is 4.56. The standard InChI is InChI=1S/C17H25ClN4O2/c1-3-12(2)15(20-17(19)24)16(23)22-10-8-21(9-11-22)14-7-5-4-6-13(14)18/h4-7,12,15H,3,8-11H2,1-2H3,(H3,19,20,24). The van der Waals surface area contributed by atoms with Gasteiger partial charge in [0.15, 0.2) is 0 Å². The summed E-state index contributed by atoms with van der Waals surface area (Å²) in [5, 5.41) is 3.31. The summed E-state index contributed by atoms with van der Waals surface area (Å²) in [7, 11) is 0. The van der Waals surface area contributed by atoms with E-state index in [1.165, 1.54) is 0 Å². The smallest absolute Gasteiger partial charge is 0.312 e. The zero-order valence-electron chi connectivity index (χ0n) is 14.2. The van der Waals surface area contributed by atoms with Gasteiger partial charge in [-0.25, -0.2) is 4.79 Å². The number of nitrogens with zero attached hydrogens (tertiary/aromatic N) is 2. The number of carbonyl (C=O) groups is 2. The van der Waals surface area contributed by atoms with Gasteiger partial charge in [0.2, 0.25) is 5.91 Å². The molecule has 0 aliphatic carbocycles. The Morgan fingerprint density at radius 2 is 1.88 bits per heavy atom. The second-order valence-corrected chi connectivity index (χ2v) is 6.54. The number of urea groups is 1. The van der Waals surface area contributed by atoms with Crippen LogP contribution in [0.5, 0.6) is 0 Å². The van der Waals surface area contributed by atoms with Gasteiger partial charge >= 0.3 is 6.03 Å². The highest BCUT2D eigenvalue weighted by atomic mass is 35.5. The minimum absolute atomic E-state index is 0.0339. The summed E-state index contributed by atoms with van der Waals surface area (Å²) in [5.74, 6) is -0.0337. The van der Waals surface area contributed by atoms with Crippen LogP contribution in [-0.4, -0.2) is 49.1 Å². The van der Waals surface area contributed by atoms with Gasteiger partial charge in [-0.1, -0.05) is 44.0 Å². The van der Waals surface area contributed by atoms with Crippen LogP contribution in [0.2, 0.25) is 5.02 Å². The van der Waals surface area contributed by atoms with E-state index in [9.17, 15) is 9.59 Å². The molecule has 132 valence electrons. The SMILES string of the molecule is CCC(C)C(NC(N)=O)C(=O)N1CCN(c2ccccc2Cl)CC1. The van der Waals surface area contributed by atoms with Crippen molar-refractivity contribution in [1.29, 1.82) is 0 Å². The predicted molar refractivity (Wildman–Crippen MR) is 96.2 cm³/mol. The number of benzene rings is 1. The number of para-hydroxylation sites is 1. The van der Waals surface area contributed by atoms with Crippen molar-refractivity contribution in [2.24, 2.45) is 11.7 Å². The Kier molecular flexibility index (Phi) is 6.31. The fraction of sp³-hybridized carbons (Fsp3) is 0.529. The van der Waals surface area contributed by atoms with Crippen LogP contribution in [0.3, 0.4) is 0 Å². The van der Waals surface area contributed by atoms with E-state index in [4.69, 9.17) is 17.3 Å². The van der Waals surface area contributed by atoms with Crippen LogP contribution in [0.1, 0.15) is 20.3 Å². The first-order valence-electron chi connectivity index (χ1n) is 8.28. The summed E-state index contributed by atoms with van der Waals surface area (Å²) in [6.07, 6.45) is 0.788. The number of nitrogens with two attached hydrogens (primary N) is 1. The van der Waals surface area contributed by atoms with Crippen LogP contribution in [0, 0.1) is 5.92 Å². The second kappa shape index (κ2) is 8.24. The van der Waals surface area contributed by atoms with Gasteiger partial charge in [-0.3, -0.25) is 4.79 Å². The Labute approximate surface area is 147 Å². The van der Waals surface area contributed by atoms with Gasteiger partial charge in [0.05, 0.1) is 10.7 Å². The van der Waals surface area contributed by atoms with Gasteiger partial charge in [-0.15, -0.1) is 0 Å². The monoisotopic (exact) mass is 352 g/mol. The number of halogens is 1. The first-order valence-corrected chi connectivity index (χ1v) is 8.66. The minimum Gasteiger partial charge on any atom is -0.367 e. The molecule has 0 saturated carbocycles. The summed E-state index contributed by atoms with van der Waals surface area (Å²) in [4.78, 5) is 27.9. The largest absolute Gasteiger partial charge is 0.367 e. The Hall–Kier alpha value is -1.95. The molecule has 24 heavy (non-hydrogen) atoms. The topological polar surface area (TPSA) is 78.7 Å². The lowest BCUT2D eigenvalue weighted by Gasteiger charge is -2.38. The lowest BCUT2D eigenvalue weighted by Crippen LogP contribution is -2.57. The van der Waals surface area contributed by atoms with Gasteiger partial charge < -0.3 is 20.9 Å². The molecule has 1 aliphatic heterocycles. The van der Waals surface area contributed by atoms with Crippen molar-refractivity contribution in [3.05, 3.63) is 29.3 Å². The highest BCUT2D eigenvalue weighted by Crippen LogP contribution is 2.26. The van der Waals surface area contributed by atoms with Gasteiger partial charge in [-0.05, 0) is 18.1 Å². The molecular formula is C17H25ClN4O2. The molecule has 6 nitrogen and oxygen atoms in total. The lowest BCUT2D eigenvalue weighted by atomic mass is 9.97. The molecule has 2 unspecified atom stereocenters. The van der Waals surface area contributed by atoms with E-state index in [-0.39, 0.29) is 11.8 Å². The van der Waals surface area contributed by atoms with Gasteiger partial charge in [0.1, 0.15) is 6.04 Å². The molecule has 1 aliphatic rings. The Morgan fingerprint density at radius 1 is 1.25 bits per heavy atom. The van der Waals surface area contributed by atoms with Crippen molar-refractivity contribution >= 4 is 29.2 Å². The van der Waals surface area contributed by atoms with Crippen molar-refractivity contribution in [2.45, 2.75) is 26.3 Å². The van der Waals surface area contributed by atoms with Crippen LogP contribution >= 0.6 is 11.6 Å². The normalized spacial score (nSPS) is 17.3. The summed E-state index contributed by atoms with van der Waals surface area (Å²) in [5.41, 5.74) is 6.21. The van der Waals surface area contributed by atoms with Gasteiger partial charge in [-0.2, -0.15) is 0 Å². The third-order valence-corrected chi connectivity index (χ3v) is 4.88. The quantitative estimate of drug-likeness (QED) is 0.851. The Morgan fingerprint density at radius 3 is 2.42 bits per heavy atom. The van der Waals surface area contributed by atoms with Crippen LogP contribution in [0.4, 0.5) is 10.5 Å². The van der Waals surface area contributed by atoms with Crippen molar-refractivity contribution in [3.63, 3.8) is 0 Å². The summed E-state index contributed by atoms with van der Waals surface area (Å²) < 4.78 is 0. The fourth-order valence-corrected chi connectivity index (χ4v) is 3.16. The molecular weight excluding hydrogens is 328 g/mol. The van der Waals surface area contributed by atoms with Crippen LogP contribution in [-0.2, 0) is 4.79 Å². The molecule has 7 heteroatoms. The van der Waals surface area contributed by atoms with E-state index in [0.717, 1.165) is 12.1 Å². The number of carbonyl (C=O) groups excluding carboxylic acids is 2. The zero-order valence-corrected chi connectivity index (χ0v) is 14.9. The van der Waals surface area contributed by atoms with E-state index in [1.54, 1.807) is 4.90 Å². The zero-order chi connectivity index (χ0) is 17.7. The molecule has 0 spiro atoms. The van der Waals surface area contributed by atoms with E-state index in [2.05, 4.69) is 10.2 Å². The molecule has 1 fully saturated rings. The van der Waals surface area contributed by atoms with Crippen molar-refractivity contribution in [3.8, 4) is 0 Å². The number of primary amides is 1.